The minimum Gasteiger partial charge on any atom is -0.490 e. The van der Waals surface area contributed by atoms with Crippen molar-refractivity contribution < 1.29 is 9.53 Å². The largest absolute Gasteiger partial charge is 0.490 e. The van der Waals surface area contributed by atoms with Crippen molar-refractivity contribution in [2.24, 2.45) is 4.99 Å². The third-order valence-corrected chi connectivity index (χ3v) is 7.72. The average Bonchev–Trinajstić information content (AvgIpc) is 3.20. The number of benzene rings is 3. The molecule has 186 valence electrons. The van der Waals surface area contributed by atoms with Gasteiger partial charge in [-0.15, -0.1) is 0 Å². The summed E-state index contributed by atoms with van der Waals surface area (Å²) in [7, 11) is 0. The maximum atomic E-state index is 13.6. The summed E-state index contributed by atoms with van der Waals surface area (Å²) in [4.78, 5) is 20.8. The highest BCUT2D eigenvalue weighted by Gasteiger charge is 2.34. The van der Waals surface area contributed by atoms with Crippen LogP contribution in [0.4, 0.5) is 11.4 Å². The third-order valence-electron chi connectivity index (χ3n) is 6.14. The Morgan fingerprint density at radius 3 is 2.19 bits per heavy atom. The van der Waals surface area contributed by atoms with Gasteiger partial charge >= 0.3 is 0 Å². The minimum atomic E-state index is -0.0794. The fourth-order valence-electron chi connectivity index (χ4n) is 3.73. The van der Waals surface area contributed by atoms with Gasteiger partial charge in [0, 0.05) is 0 Å². The summed E-state index contributed by atoms with van der Waals surface area (Å²) < 4.78 is 6.83. The van der Waals surface area contributed by atoms with Crippen LogP contribution in [0.3, 0.4) is 0 Å². The maximum absolute atomic E-state index is 13.6. The Balaban J connectivity index is 1.69. The van der Waals surface area contributed by atoms with E-state index in [1.54, 1.807) is 4.90 Å². The van der Waals surface area contributed by atoms with Gasteiger partial charge in [-0.2, -0.15) is 0 Å². The topological polar surface area (TPSA) is 41.9 Å². The number of rotatable bonds is 8. The molecule has 1 saturated heterocycles. The zero-order valence-electron chi connectivity index (χ0n) is 21.1. The molecule has 1 atom stereocenters. The normalized spacial score (nSPS) is 16.7. The van der Waals surface area contributed by atoms with Gasteiger partial charge in [-0.3, -0.25) is 9.69 Å². The molecule has 3 aromatic rings. The second-order valence-corrected chi connectivity index (χ2v) is 10.6. The molecule has 1 aliphatic heterocycles. The maximum Gasteiger partial charge on any atom is 0.271 e. The van der Waals surface area contributed by atoms with E-state index in [9.17, 15) is 4.79 Å². The van der Waals surface area contributed by atoms with E-state index in [1.807, 2.05) is 48.5 Å². The van der Waals surface area contributed by atoms with Crippen molar-refractivity contribution in [3.05, 3.63) is 92.8 Å². The van der Waals surface area contributed by atoms with Gasteiger partial charge in [0.2, 0.25) is 0 Å². The molecule has 1 aliphatic rings. The highest BCUT2D eigenvalue weighted by Crippen LogP contribution is 2.38. The lowest BCUT2D eigenvalue weighted by atomic mass is 10.1. The fraction of sp³-hybridized carbons (Fsp3) is 0.267. The number of hydrogen-bond acceptors (Lipinski definition) is 4. The van der Waals surface area contributed by atoms with E-state index >= 15 is 0 Å². The Morgan fingerprint density at radius 2 is 1.61 bits per heavy atom. The van der Waals surface area contributed by atoms with Gasteiger partial charge in [-0.25, -0.2) is 4.99 Å². The van der Waals surface area contributed by atoms with Crippen LogP contribution in [0.2, 0.25) is 0 Å². The number of amides is 1. The van der Waals surface area contributed by atoms with Gasteiger partial charge in [0.25, 0.3) is 5.91 Å². The zero-order chi connectivity index (χ0) is 25.7. The number of carbonyl (C=O) groups excluding carboxylic acids is 1. The van der Waals surface area contributed by atoms with Gasteiger partial charge in [0.15, 0.2) is 5.17 Å². The van der Waals surface area contributed by atoms with E-state index in [1.165, 1.54) is 22.9 Å². The number of hydrogen-bond donors (Lipinski definition) is 0. The van der Waals surface area contributed by atoms with Crippen LogP contribution in [-0.2, 0) is 17.6 Å². The van der Waals surface area contributed by atoms with Crippen molar-refractivity contribution in [1.82, 2.24) is 0 Å². The molecular formula is C30H31BrN2O2S. The molecule has 0 aliphatic carbocycles. The molecule has 0 spiro atoms. The molecule has 0 aromatic heterocycles. The third kappa shape index (κ3) is 6.11. The lowest BCUT2D eigenvalue weighted by molar-refractivity contribution is -0.113. The Bertz CT molecular complexity index is 1280. The molecule has 0 N–H and O–H groups in total. The Morgan fingerprint density at radius 1 is 0.972 bits per heavy atom. The number of thioether (sulfide) groups is 1. The Labute approximate surface area is 226 Å². The van der Waals surface area contributed by atoms with Crippen molar-refractivity contribution in [3.63, 3.8) is 0 Å². The second-order valence-electron chi connectivity index (χ2n) is 8.71. The highest BCUT2D eigenvalue weighted by molar-refractivity contribution is 9.10. The average molecular weight is 564 g/mol. The van der Waals surface area contributed by atoms with Crippen LogP contribution in [0.15, 0.2) is 81.1 Å². The summed E-state index contributed by atoms with van der Waals surface area (Å²) >= 11 is 5.02. The van der Waals surface area contributed by atoms with Gasteiger partial charge in [0.1, 0.15) is 5.75 Å². The van der Waals surface area contributed by atoms with Crippen LogP contribution >= 0.6 is 27.7 Å². The summed E-state index contributed by atoms with van der Waals surface area (Å²) in [5.41, 5.74) is 5.05. The molecule has 0 saturated carbocycles. The summed E-state index contributed by atoms with van der Waals surface area (Å²) in [6, 6.07) is 22.2. The van der Waals surface area contributed by atoms with E-state index in [4.69, 9.17) is 9.73 Å². The van der Waals surface area contributed by atoms with E-state index in [2.05, 4.69) is 67.9 Å². The van der Waals surface area contributed by atoms with Gasteiger partial charge in [-0.1, -0.05) is 51.1 Å². The molecule has 0 unspecified atom stereocenters. The predicted octanol–water partition coefficient (Wildman–Crippen LogP) is 8.56. The standard InChI is InChI=1S/C30H31BrN2O2S/c1-5-20(4)35-27-17-12-23(18-26(27)31)19-28-29(34)33(25-15-10-22(7-3)11-16-25)30(36-28)32-24-13-8-21(6-2)9-14-24/h8-20H,5-7H2,1-4H3/b28-19-,32-30?/t20-/m0/s1. The summed E-state index contributed by atoms with van der Waals surface area (Å²) in [6.07, 6.45) is 4.91. The van der Waals surface area contributed by atoms with E-state index in [0.29, 0.717) is 10.1 Å². The molecule has 36 heavy (non-hydrogen) atoms. The van der Waals surface area contributed by atoms with Crippen LogP contribution in [0, 0.1) is 0 Å². The first-order chi connectivity index (χ1) is 17.4. The van der Waals surface area contributed by atoms with Crippen LogP contribution in [0.25, 0.3) is 6.08 Å². The molecule has 3 aromatic carbocycles. The molecule has 0 radical (unpaired) electrons. The molecule has 1 heterocycles. The number of anilines is 1. The number of nitrogens with zero attached hydrogens (tertiary/aromatic N) is 2. The van der Waals surface area contributed by atoms with Crippen molar-refractivity contribution in [2.75, 3.05) is 4.90 Å². The van der Waals surface area contributed by atoms with Crippen molar-refractivity contribution in [2.45, 2.75) is 53.1 Å². The van der Waals surface area contributed by atoms with Crippen LogP contribution in [-0.4, -0.2) is 17.2 Å². The number of aryl methyl sites for hydroxylation is 2. The fourth-order valence-corrected chi connectivity index (χ4v) is 5.22. The molecule has 0 bridgehead atoms. The molecule has 1 amide bonds. The summed E-state index contributed by atoms with van der Waals surface area (Å²) in [6.45, 7) is 8.40. The van der Waals surface area contributed by atoms with E-state index < -0.39 is 0 Å². The molecule has 4 nitrogen and oxygen atoms in total. The van der Waals surface area contributed by atoms with Crippen molar-refractivity contribution in [1.29, 1.82) is 0 Å². The van der Waals surface area contributed by atoms with Crippen molar-refractivity contribution >= 4 is 56.2 Å². The second kappa shape index (κ2) is 11.9. The van der Waals surface area contributed by atoms with Crippen LogP contribution in [0.1, 0.15) is 50.8 Å². The van der Waals surface area contributed by atoms with Crippen molar-refractivity contribution in [3.8, 4) is 5.75 Å². The van der Waals surface area contributed by atoms with Gasteiger partial charge in [0.05, 0.1) is 26.9 Å². The van der Waals surface area contributed by atoms with Gasteiger partial charge < -0.3 is 4.74 Å². The SMILES string of the molecule is CCc1ccc(N=C2S/C(=C\c3ccc(O[C@@H](C)CC)c(Br)c3)C(=O)N2c2ccc(CC)cc2)cc1. The molecule has 6 heteroatoms. The first-order valence-electron chi connectivity index (χ1n) is 12.4. The monoisotopic (exact) mass is 562 g/mol. The first-order valence-corrected chi connectivity index (χ1v) is 14.0. The van der Waals surface area contributed by atoms with E-state index in [-0.39, 0.29) is 12.0 Å². The molecular weight excluding hydrogens is 532 g/mol. The Kier molecular flexibility index (Phi) is 8.70. The molecule has 1 fully saturated rings. The number of amidine groups is 1. The molecule has 4 rings (SSSR count). The van der Waals surface area contributed by atoms with Crippen LogP contribution in [0.5, 0.6) is 5.75 Å². The quantitative estimate of drug-likeness (QED) is 0.258. The number of ether oxygens (including phenoxy) is 1. The van der Waals surface area contributed by atoms with Gasteiger partial charge in [-0.05, 0) is 113 Å². The summed E-state index contributed by atoms with van der Waals surface area (Å²) in [5.74, 6) is 0.719. The van der Waals surface area contributed by atoms with E-state index in [0.717, 1.165) is 46.4 Å². The Hall–Kier alpha value is -2.83. The lowest BCUT2D eigenvalue weighted by Crippen LogP contribution is -2.28. The minimum absolute atomic E-state index is 0.0794. The predicted molar refractivity (Wildman–Crippen MR) is 156 cm³/mol. The number of carbonyl (C=O) groups is 1. The summed E-state index contributed by atoms with van der Waals surface area (Å²) in [5, 5.41) is 0.649. The number of halogens is 1. The smallest absolute Gasteiger partial charge is 0.271 e. The first kappa shape index (κ1) is 26.2. The lowest BCUT2D eigenvalue weighted by Gasteiger charge is -2.16. The highest BCUT2D eigenvalue weighted by atomic mass is 79.9. The number of aliphatic imine (C=N–C) groups is 1. The van der Waals surface area contributed by atoms with Crippen LogP contribution < -0.4 is 9.64 Å². The zero-order valence-corrected chi connectivity index (χ0v) is 23.5.